The molecule has 0 aliphatic heterocycles. The number of aromatic nitrogens is 1. The summed E-state index contributed by atoms with van der Waals surface area (Å²) in [6.07, 6.45) is 5.66. The van der Waals surface area contributed by atoms with Crippen molar-refractivity contribution in [3.8, 4) is 5.88 Å². The Kier molecular flexibility index (Phi) is 4.24. The minimum absolute atomic E-state index is 0.0342. The summed E-state index contributed by atoms with van der Waals surface area (Å²) in [7, 11) is 0. The predicted octanol–water partition coefficient (Wildman–Crippen LogP) is 2.71. The van der Waals surface area contributed by atoms with Gasteiger partial charge in [0.05, 0.1) is 5.69 Å². The minimum Gasteiger partial charge on any atom is -0.477 e. The molecule has 1 aromatic rings. The Morgan fingerprint density at radius 2 is 2.21 bits per heavy atom. The van der Waals surface area contributed by atoms with E-state index < -0.39 is 5.97 Å². The maximum atomic E-state index is 10.9. The lowest BCUT2D eigenvalue weighted by molar-refractivity contribution is 0.0679. The van der Waals surface area contributed by atoms with Gasteiger partial charge < -0.3 is 15.6 Å². The highest BCUT2D eigenvalue weighted by Crippen LogP contribution is 2.31. The lowest BCUT2D eigenvalue weighted by Crippen LogP contribution is -2.30. The highest BCUT2D eigenvalue weighted by Gasteiger charge is 2.26. The van der Waals surface area contributed by atoms with Crippen LogP contribution in [0.1, 0.15) is 49.5 Å². The van der Waals surface area contributed by atoms with Gasteiger partial charge in [0.25, 0.3) is 0 Å². The number of ether oxygens (including phenoxy) is 1. The van der Waals surface area contributed by atoms with Gasteiger partial charge in [-0.3, -0.25) is 0 Å². The second kappa shape index (κ2) is 5.91. The molecule has 0 bridgehead atoms. The van der Waals surface area contributed by atoms with Gasteiger partial charge in [0.15, 0.2) is 5.69 Å². The molecule has 1 aromatic heterocycles. The molecule has 19 heavy (non-hydrogen) atoms. The van der Waals surface area contributed by atoms with Gasteiger partial charge in [-0.05, 0) is 43.7 Å². The van der Waals surface area contributed by atoms with E-state index in [1.165, 1.54) is 18.6 Å². The summed E-state index contributed by atoms with van der Waals surface area (Å²) in [5.41, 5.74) is 6.17. The number of pyridine rings is 1. The van der Waals surface area contributed by atoms with E-state index in [4.69, 9.17) is 15.6 Å². The molecule has 1 aliphatic rings. The fourth-order valence-corrected chi connectivity index (χ4v) is 2.60. The van der Waals surface area contributed by atoms with Crippen molar-refractivity contribution in [2.75, 3.05) is 5.73 Å². The number of nitrogens with zero attached hydrogens (tertiary/aromatic N) is 1. The number of nitrogen functional groups attached to an aromatic ring is 1. The zero-order chi connectivity index (χ0) is 13.8. The molecule has 2 unspecified atom stereocenters. The van der Waals surface area contributed by atoms with E-state index in [0.29, 0.717) is 11.6 Å². The first-order valence-corrected chi connectivity index (χ1v) is 6.78. The summed E-state index contributed by atoms with van der Waals surface area (Å²) in [5.74, 6) is -0.311. The van der Waals surface area contributed by atoms with Crippen LogP contribution in [-0.2, 0) is 0 Å². The molecule has 1 fully saturated rings. The first-order chi connectivity index (χ1) is 9.11. The van der Waals surface area contributed by atoms with Crippen molar-refractivity contribution in [3.63, 3.8) is 0 Å². The number of hydrogen-bond acceptors (Lipinski definition) is 4. The van der Waals surface area contributed by atoms with Gasteiger partial charge in [-0.2, -0.15) is 0 Å². The van der Waals surface area contributed by atoms with Crippen LogP contribution in [0.2, 0.25) is 0 Å². The topological polar surface area (TPSA) is 85.4 Å². The van der Waals surface area contributed by atoms with Gasteiger partial charge in [0, 0.05) is 0 Å². The monoisotopic (exact) mass is 264 g/mol. The van der Waals surface area contributed by atoms with Crippen molar-refractivity contribution in [2.45, 2.75) is 45.1 Å². The summed E-state index contributed by atoms with van der Waals surface area (Å²) in [6.45, 7) is 2.15. The number of nitrogens with two attached hydrogens (primary N) is 1. The molecule has 0 aromatic carbocycles. The Labute approximate surface area is 112 Å². The largest absolute Gasteiger partial charge is 0.477 e. The first-order valence-electron chi connectivity index (χ1n) is 6.78. The Hall–Kier alpha value is -1.78. The molecular weight excluding hydrogens is 244 g/mol. The first kappa shape index (κ1) is 13.6. The zero-order valence-corrected chi connectivity index (χ0v) is 11.1. The zero-order valence-electron chi connectivity index (χ0n) is 11.1. The van der Waals surface area contributed by atoms with Gasteiger partial charge in [0.2, 0.25) is 5.88 Å². The van der Waals surface area contributed by atoms with Gasteiger partial charge in [-0.15, -0.1) is 0 Å². The van der Waals surface area contributed by atoms with Crippen LogP contribution in [0.5, 0.6) is 5.88 Å². The summed E-state index contributed by atoms with van der Waals surface area (Å²) in [6, 6.07) is 2.93. The third-order valence-electron chi connectivity index (χ3n) is 3.74. The maximum absolute atomic E-state index is 10.9. The van der Waals surface area contributed by atoms with Crippen LogP contribution < -0.4 is 10.5 Å². The highest BCUT2D eigenvalue weighted by atomic mass is 16.5. The normalized spacial score (nSPS) is 23.0. The molecule has 3 N–H and O–H groups in total. The van der Waals surface area contributed by atoms with E-state index in [0.717, 1.165) is 25.7 Å². The number of aromatic carboxylic acids is 1. The highest BCUT2D eigenvalue weighted by molar-refractivity contribution is 5.86. The molecule has 2 atom stereocenters. The van der Waals surface area contributed by atoms with E-state index in [1.807, 2.05) is 0 Å². The smallest absolute Gasteiger partial charge is 0.354 e. The summed E-state index contributed by atoms with van der Waals surface area (Å²) >= 11 is 0. The molecule has 0 amide bonds. The number of anilines is 1. The number of rotatable bonds is 4. The van der Waals surface area contributed by atoms with Crippen LogP contribution >= 0.6 is 0 Å². The molecule has 1 saturated carbocycles. The second-order valence-electron chi connectivity index (χ2n) is 5.01. The molecule has 2 rings (SSSR count). The molecule has 5 nitrogen and oxygen atoms in total. The maximum Gasteiger partial charge on any atom is 0.354 e. The van der Waals surface area contributed by atoms with Crippen molar-refractivity contribution in [1.29, 1.82) is 0 Å². The van der Waals surface area contributed by atoms with Gasteiger partial charge in [0.1, 0.15) is 6.10 Å². The summed E-state index contributed by atoms with van der Waals surface area (Å²) in [5, 5.41) is 8.95. The average Bonchev–Trinajstić information content (AvgIpc) is 2.41. The lowest BCUT2D eigenvalue weighted by atomic mass is 9.85. The molecule has 0 spiro atoms. The number of carboxylic acid groups (broad SMARTS) is 1. The molecule has 1 heterocycles. The van der Waals surface area contributed by atoms with Crippen LogP contribution in [0.3, 0.4) is 0 Å². The summed E-state index contributed by atoms with van der Waals surface area (Å²) < 4.78 is 5.88. The van der Waals surface area contributed by atoms with E-state index in [-0.39, 0.29) is 17.7 Å². The Morgan fingerprint density at radius 3 is 2.89 bits per heavy atom. The Bertz CT molecular complexity index is 462. The predicted molar refractivity (Wildman–Crippen MR) is 72.3 cm³/mol. The molecule has 1 aliphatic carbocycles. The fraction of sp³-hybridized carbons (Fsp3) is 0.571. The van der Waals surface area contributed by atoms with Crippen LogP contribution in [-0.4, -0.2) is 22.2 Å². The van der Waals surface area contributed by atoms with Crippen molar-refractivity contribution >= 4 is 11.7 Å². The standard InChI is InChI=1S/C14H20N2O3/c1-2-9-5-3-4-6-12(9)19-13-10(15)7-8-11(16-13)14(17)18/h7-9,12H,2-6,15H2,1H3,(H,17,18). The molecular formula is C14H20N2O3. The van der Waals surface area contributed by atoms with Gasteiger partial charge in [-0.1, -0.05) is 13.3 Å². The fourth-order valence-electron chi connectivity index (χ4n) is 2.60. The third-order valence-corrected chi connectivity index (χ3v) is 3.74. The van der Waals surface area contributed by atoms with E-state index >= 15 is 0 Å². The quantitative estimate of drug-likeness (QED) is 0.873. The van der Waals surface area contributed by atoms with Gasteiger partial charge in [-0.25, -0.2) is 9.78 Å². The van der Waals surface area contributed by atoms with Crippen molar-refractivity contribution in [1.82, 2.24) is 4.98 Å². The van der Waals surface area contributed by atoms with Gasteiger partial charge >= 0.3 is 5.97 Å². The average molecular weight is 264 g/mol. The van der Waals surface area contributed by atoms with Crippen molar-refractivity contribution in [2.24, 2.45) is 5.92 Å². The van der Waals surface area contributed by atoms with Crippen molar-refractivity contribution < 1.29 is 14.6 Å². The number of carbonyl (C=O) groups is 1. The van der Waals surface area contributed by atoms with Crippen LogP contribution in [0.15, 0.2) is 12.1 Å². The molecule has 104 valence electrons. The Balaban J connectivity index is 2.17. The summed E-state index contributed by atoms with van der Waals surface area (Å²) in [4.78, 5) is 14.9. The second-order valence-corrected chi connectivity index (χ2v) is 5.01. The number of hydrogen-bond donors (Lipinski definition) is 2. The van der Waals surface area contributed by atoms with Crippen LogP contribution in [0.25, 0.3) is 0 Å². The SMILES string of the molecule is CCC1CCCCC1Oc1nc(C(=O)O)ccc1N. The molecule has 0 saturated heterocycles. The van der Waals surface area contributed by atoms with Crippen molar-refractivity contribution in [3.05, 3.63) is 17.8 Å². The van der Waals surface area contributed by atoms with E-state index in [9.17, 15) is 4.79 Å². The molecule has 5 heteroatoms. The Morgan fingerprint density at radius 1 is 1.47 bits per heavy atom. The lowest BCUT2D eigenvalue weighted by Gasteiger charge is -2.31. The van der Waals surface area contributed by atoms with Crippen LogP contribution in [0, 0.1) is 5.92 Å². The van der Waals surface area contributed by atoms with E-state index in [2.05, 4.69) is 11.9 Å². The van der Waals surface area contributed by atoms with Crippen LogP contribution in [0.4, 0.5) is 5.69 Å². The van der Waals surface area contributed by atoms with E-state index in [1.54, 1.807) is 0 Å². The number of carboxylic acids is 1. The third kappa shape index (κ3) is 3.16. The minimum atomic E-state index is -1.07. The molecule has 0 radical (unpaired) electrons.